The van der Waals surface area contributed by atoms with Crippen LogP contribution in [-0.2, 0) is 25.9 Å². The Morgan fingerprint density at radius 3 is 2.89 bits per heavy atom. The third-order valence-corrected chi connectivity index (χ3v) is 4.36. The van der Waals surface area contributed by atoms with Gasteiger partial charge in [-0.25, -0.2) is 0 Å². The van der Waals surface area contributed by atoms with Crippen LogP contribution in [0, 0.1) is 0 Å². The molecule has 3 nitrogen and oxygen atoms in total. The van der Waals surface area contributed by atoms with Crippen molar-refractivity contribution in [2.45, 2.75) is 25.9 Å². The topological polar surface area (TPSA) is 25.2 Å². The van der Waals surface area contributed by atoms with Crippen LogP contribution in [0.25, 0.3) is 10.9 Å². The lowest BCUT2D eigenvalue weighted by Gasteiger charge is -2.26. The van der Waals surface area contributed by atoms with Crippen LogP contribution in [0.1, 0.15) is 16.7 Å². The lowest BCUT2D eigenvalue weighted by atomic mass is 9.96. The molecule has 4 rings (SSSR count). The van der Waals surface area contributed by atoms with Crippen molar-refractivity contribution in [3.8, 4) is 0 Å². The fourth-order valence-corrected chi connectivity index (χ4v) is 3.45. The fraction of sp³-hybridized carbons (Fsp3) is 0.400. The third kappa shape index (κ3) is 1.20. The number of pyridine rings is 1. The molecule has 0 N–H and O–H groups in total. The molecule has 0 saturated heterocycles. The highest BCUT2D eigenvalue weighted by molar-refractivity contribution is 5.87. The highest BCUT2D eigenvalue weighted by atomic mass is 16.1. The number of fused-ring (bicyclic) bond motifs is 2. The second-order valence-corrected chi connectivity index (χ2v) is 5.46. The molecule has 0 spiro atoms. The standard InChI is InChI=1S/C15H16N2O/c1-16-7-6-12-13(9-16)11-4-2-3-10-5-8-17(14(10)11)15(12)18/h2-4H,5-9H2,1H3. The number of para-hydroxylation sites is 1. The van der Waals surface area contributed by atoms with Crippen molar-refractivity contribution in [3.63, 3.8) is 0 Å². The van der Waals surface area contributed by atoms with E-state index >= 15 is 0 Å². The highest BCUT2D eigenvalue weighted by Crippen LogP contribution is 2.30. The molecule has 1 aromatic carbocycles. The van der Waals surface area contributed by atoms with Crippen molar-refractivity contribution in [3.05, 3.63) is 45.2 Å². The zero-order chi connectivity index (χ0) is 12.3. The van der Waals surface area contributed by atoms with Gasteiger partial charge in [0, 0.05) is 30.6 Å². The van der Waals surface area contributed by atoms with Gasteiger partial charge in [0.25, 0.3) is 5.56 Å². The molecule has 2 aliphatic heterocycles. The van der Waals surface area contributed by atoms with E-state index in [1.165, 1.54) is 22.0 Å². The predicted molar refractivity (Wildman–Crippen MR) is 72.0 cm³/mol. The van der Waals surface area contributed by atoms with E-state index in [1.807, 2.05) is 4.57 Å². The molecule has 92 valence electrons. The molecule has 2 aliphatic rings. The summed E-state index contributed by atoms with van der Waals surface area (Å²) in [5, 5.41) is 1.30. The number of hydrogen-bond acceptors (Lipinski definition) is 2. The van der Waals surface area contributed by atoms with Crippen molar-refractivity contribution >= 4 is 10.9 Å². The van der Waals surface area contributed by atoms with Gasteiger partial charge in [0.1, 0.15) is 0 Å². The summed E-state index contributed by atoms with van der Waals surface area (Å²) >= 11 is 0. The number of aromatic nitrogens is 1. The molecule has 0 saturated carbocycles. The molecule has 0 radical (unpaired) electrons. The van der Waals surface area contributed by atoms with E-state index in [0.717, 1.165) is 38.0 Å². The summed E-state index contributed by atoms with van der Waals surface area (Å²) in [7, 11) is 2.13. The van der Waals surface area contributed by atoms with Crippen LogP contribution in [0.5, 0.6) is 0 Å². The average Bonchev–Trinajstić information content (AvgIpc) is 2.81. The second kappa shape index (κ2) is 3.45. The van der Waals surface area contributed by atoms with Gasteiger partial charge in [-0.3, -0.25) is 4.79 Å². The van der Waals surface area contributed by atoms with E-state index in [4.69, 9.17) is 0 Å². The van der Waals surface area contributed by atoms with Gasteiger partial charge < -0.3 is 9.47 Å². The first kappa shape index (κ1) is 10.3. The van der Waals surface area contributed by atoms with Crippen LogP contribution in [0.4, 0.5) is 0 Å². The van der Waals surface area contributed by atoms with Gasteiger partial charge in [0.05, 0.1) is 5.52 Å². The Morgan fingerprint density at radius 1 is 1.11 bits per heavy atom. The maximum Gasteiger partial charge on any atom is 0.254 e. The lowest BCUT2D eigenvalue weighted by molar-refractivity contribution is 0.313. The highest BCUT2D eigenvalue weighted by Gasteiger charge is 2.24. The van der Waals surface area contributed by atoms with Crippen molar-refractivity contribution in [1.29, 1.82) is 0 Å². The van der Waals surface area contributed by atoms with E-state index in [9.17, 15) is 4.79 Å². The van der Waals surface area contributed by atoms with Crippen molar-refractivity contribution in [1.82, 2.24) is 9.47 Å². The first-order valence-corrected chi connectivity index (χ1v) is 6.60. The first-order chi connectivity index (χ1) is 8.75. The minimum Gasteiger partial charge on any atom is -0.307 e. The number of aryl methyl sites for hydroxylation is 2. The van der Waals surface area contributed by atoms with Crippen LogP contribution < -0.4 is 5.56 Å². The number of likely N-dealkylation sites (N-methyl/N-ethyl adjacent to an activating group) is 1. The van der Waals surface area contributed by atoms with E-state index in [2.05, 4.69) is 30.1 Å². The van der Waals surface area contributed by atoms with Crippen LogP contribution in [0.2, 0.25) is 0 Å². The Morgan fingerprint density at radius 2 is 2.00 bits per heavy atom. The molecule has 0 bridgehead atoms. The molecule has 2 aromatic rings. The van der Waals surface area contributed by atoms with E-state index < -0.39 is 0 Å². The van der Waals surface area contributed by atoms with E-state index in [-0.39, 0.29) is 5.56 Å². The summed E-state index contributed by atoms with van der Waals surface area (Å²) in [5.74, 6) is 0. The zero-order valence-corrected chi connectivity index (χ0v) is 10.6. The Kier molecular flexibility index (Phi) is 1.98. The lowest BCUT2D eigenvalue weighted by Crippen LogP contribution is -2.34. The maximum absolute atomic E-state index is 12.5. The molecule has 0 aliphatic carbocycles. The van der Waals surface area contributed by atoms with Gasteiger partial charge in [-0.2, -0.15) is 0 Å². The second-order valence-electron chi connectivity index (χ2n) is 5.46. The van der Waals surface area contributed by atoms with Crippen molar-refractivity contribution in [2.24, 2.45) is 0 Å². The summed E-state index contributed by atoms with van der Waals surface area (Å²) < 4.78 is 1.99. The summed E-state index contributed by atoms with van der Waals surface area (Å²) in [5.41, 5.74) is 5.11. The molecule has 0 atom stereocenters. The molecule has 1 aromatic heterocycles. The monoisotopic (exact) mass is 240 g/mol. The molecule has 3 heterocycles. The predicted octanol–water partition coefficient (Wildman–Crippen LogP) is 1.55. The van der Waals surface area contributed by atoms with Crippen molar-refractivity contribution < 1.29 is 0 Å². The maximum atomic E-state index is 12.5. The van der Waals surface area contributed by atoms with Gasteiger partial charge in [0.15, 0.2) is 0 Å². The number of hydrogen-bond donors (Lipinski definition) is 0. The molecule has 0 fully saturated rings. The van der Waals surface area contributed by atoms with Gasteiger partial charge >= 0.3 is 0 Å². The quantitative estimate of drug-likeness (QED) is 0.698. The summed E-state index contributed by atoms with van der Waals surface area (Å²) in [4.78, 5) is 14.8. The molecule has 0 unspecified atom stereocenters. The van der Waals surface area contributed by atoms with Crippen molar-refractivity contribution in [2.75, 3.05) is 13.6 Å². The van der Waals surface area contributed by atoms with E-state index in [1.54, 1.807) is 0 Å². The molecule has 3 heteroatoms. The SMILES string of the molecule is CN1CCc2c(c3cccc4c3n(c2=O)CC4)C1. The smallest absolute Gasteiger partial charge is 0.254 e. The minimum atomic E-state index is 0.260. The Bertz CT molecular complexity index is 714. The largest absolute Gasteiger partial charge is 0.307 e. The summed E-state index contributed by atoms with van der Waals surface area (Å²) in [6.07, 6.45) is 1.90. The van der Waals surface area contributed by atoms with E-state index in [0.29, 0.717) is 0 Å². The Labute approximate surface area is 106 Å². The van der Waals surface area contributed by atoms with Gasteiger partial charge in [0.2, 0.25) is 0 Å². The normalized spacial score (nSPS) is 18.3. The molecular formula is C15H16N2O. The van der Waals surface area contributed by atoms with Gasteiger partial charge in [-0.1, -0.05) is 18.2 Å². The average molecular weight is 240 g/mol. The van der Waals surface area contributed by atoms with Gasteiger partial charge in [-0.15, -0.1) is 0 Å². The first-order valence-electron chi connectivity index (χ1n) is 6.60. The van der Waals surface area contributed by atoms with Crippen LogP contribution in [0.3, 0.4) is 0 Å². The van der Waals surface area contributed by atoms with Crippen LogP contribution in [0.15, 0.2) is 23.0 Å². The van der Waals surface area contributed by atoms with Crippen LogP contribution in [-0.4, -0.2) is 23.1 Å². The fourth-order valence-electron chi connectivity index (χ4n) is 3.45. The van der Waals surface area contributed by atoms with Crippen LogP contribution >= 0.6 is 0 Å². The third-order valence-electron chi connectivity index (χ3n) is 4.36. The molecule has 18 heavy (non-hydrogen) atoms. The Balaban J connectivity index is 2.18. The molecule has 0 amide bonds. The summed E-state index contributed by atoms with van der Waals surface area (Å²) in [6.45, 7) is 2.76. The number of benzene rings is 1. The number of nitrogens with zero attached hydrogens (tertiary/aromatic N) is 2. The number of rotatable bonds is 0. The Hall–Kier alpha value is -1.61. The molecular weight excluding hydrogens is 224 g/mol. The van der Waals surface area contributed by atoms with Gasteiger partial charge in [-0.05, 0) is 31.0 Å². The zero-order valence-electron chi connectivity index (χ0n) is 10.6. The minimum absolute atomic E-state index is 0.260. The summed E-state index contributed by atoms with van der Waals surface area (Å²) in [6, 6.07) is 6.47.